The monoisotopic (exact) mass is 294 g/mol. The molecule has 0 amide bonds. The van der Waals surface area contributed by atoms with Gasteiger partial charge in [0.2, 0.25) is 0 Å². The van der Waals surface area contributed by atoms with Crippen molar-refractivity contribution in [2.24, 2.45) is 5.41 Å². The van der Waals surface area contributed by atoms with Crippen LogP contribution >= 0.6 is 0 Å². The van der Waals surface area contributed by atoms with E-state index in [4.69, 9.17) is 9.47 Å². The highest BCUT2D eigenvalue weighted by Crippen LogP contribution is 2.28. The molecule has 0 fully saturated rings. The summed E-state index contributed by atoms with van der Waals surface area (Å²) >= 11 is 0. The van der Waals surface area contributed by atoms with Gasteiger partial charge in [0.25, 0.3) is 0 Å². The zero-order chi connectivity index (χ0) is 15.6. The van der Waals surface area contributed by atoms with E-state index in [1.165, 1.54) is 12.8 Å². The molecule has 3 heteroatoms. The molecule has 1 N–H and O–H groups in total. The van der Waals surface area contributed by atoms with E-state index >= 15 is 0 Å². The normalized spacial score (nSPS) is 13.1. The minimum Gasteiger partial charge on any atom is -0.491 e. The second kappa shape index (κ2) is 9.80. The van der Waals surface area contributed by atoms with Crippen LogP contribution in [0.3, 0.4) is 0 Å². The van der Waals surface area contributed by atoms with Gasteiger partial charge in [-0.2, -0.15) is 0 Å². The summed E-state index contributed by atoms with van der Waals surface area (Å²) in [4.78, 5) is 0. The smallest absolute Gasteiger partial charge is 0.119 e. The van der Waals surface area contributed by atoms with E-state index in [1.807, 2.05) is 30.3 Å². The van der Waals surface area contributed by atoms with Crippen molar-refractivity contribution >= 4 is 0 Å². The molecule has 21 heavy (non-hydrogen) atoms. The van der Waals surface area contributed by atoms with Crippen LogP contribution in [0.15, 0.2) is 30.3 Å². The van der Waals surface area contributed by atoms with Crippen LogP contribution < -0.4 is 4.74 Å². The van der Waals surface area contributed by atoms with Crippen molar-refractivity contribution in [1.29, 1.82) is 0 Å². The zero-order valence-electron chi connectivity index (χ0n) is 13.7. The molecule has 0 heterocycles. The van der Waals surface area contributed by atoms with E-state index in [2.05, 4.69) is 20.8 Å². The summed E-state index contributed by atoms with van der Waals surface area (Å²) in [7, 11) is 0. The molecule has 0 aliphatic carbocycles. The highest BCUT2D eigenvalue weighted by molar-refractivity contribution is 5.20. The van der Waals surface area contributed by atoms with E-state index in [1.54, 1.807) is 0 Å². The molecule has 1 unspecified atom stereocenters. The minimum atomic E-state index is -0.425. The molecule has 0 aliphatic heterocycles. The van der Waals surface area contributed by atoms with Gasteiger partial charge in [-0.1, -0.05) is 58.2 Å². The van der Waals surface area contributed by atoms with Gasteiger partial charge in [0.15, 0.2) is 0 Å². The van der Waals surface area contributed by atoms with Gasteiger partial charge in [-0.3, -0.25) is 0 Å². The molecule has 0 bridgehead atoms. The first-order valence-electron chi connectivity index (χ1n) is 8.00. The molecular formula is C18H30O3. The van der Waals surface area contributed by atoms with Crippen LogP contribution in [-0.4, -0.2) is 31.0 Å². The summed E-state index contributed by atoms with van der Waals surface area (Å²) in [6.45, 7) is 7.79. The molecule has 1 atom stereocenters. The molecule has 0 saturated heterocycles. The van der Waals surface area contributed by atoms with Crippen molar-refractivity contribution in [1.82, 2.24) is 0 Å². The number of para-hydroxylation sites is 1. The highest BCUT2D eigenvalue weighted by atomic mass is 16.5. The van der Waals surface area contributed by atoms with Crippen LogP contribution in [-0.2, 0) is 4.74 Å². The fourth-order valence-corrected chi connectivity index (χ4v) is 2.15. The minimum absolute atomic E-state index is 0.0878. The Morgan fingerprint density at radius 2 is 1.81 bits per heavy atom. The van der Waals surface area contributed by atoms with E-state index in [9.17, 15) is 5.11 Å². The predicted octanol–water partition coefficient (Wildman–Crippen LogP) is 4.05. The fourth-order valence-electron chi connectivity index (χ4n) is 2.15. The first-order chi connectivity index (χ1) is 10.1. The summed E-state index contributed by atoms with van der Waals surface area (Å²) in [5, 5.41) is 10.2. The van der Waals surface area contributed by atoms with Crippen molar-refractivity contribution in [2.45, 2.75) is 52.6 Å². The van der Waals surface area contributed by atoms with E-state index in [0.717, 1.165) is 18.6 Å². The lowest BCUT2D eigenvalue weighted by Gasteiger charge is -2.30. The summed E-state index contributed by atoms with van der Waals surface area (Å²) in [5.41, 5.74) is -0.0878. The molecule has 0 spiro atoms. The van der Waals surface area contributed by atoms with Gasteiger partial charge in [-0.05, 0) is 24.0 Å². The second-order valence-corrected chi connectivity index (χ2v) is 6.20. The average molecular weight is 294 g/mol. The number of aliphatic hydroxyl groups is 1. The Morgan fingerprint density at radius 1 is 1.10 bits per heavy atom. The average Bonchev–Trinajstić information content (AvgIpc) is 2.48. The number of aliphatic hydroxyl groups excluding tert-OH is 1. The maximum atomic E-state index is 10.2. The molecule has 1 aromatic carbocycles. The third-order valence-electron chi connectivity index (χ3n) is 3.84. The fraction of sp³-hybridized carbons (Fsp3) is 0.667. The van der Waals surface area contributed by atoms with E-state index in [-0.39, 0.29) is 5.41 Å². The molecule has 3 nitrogen and oxygen atoms in total. The Kier molecular flexibility index (Phi) is 8.40. The number of hydrogen-bond acceptors (Lipinski definition) is 3. The van der Waals surface area contributed by atoms with Gasteiger partial charge in [-0.15, -0.1) is 0 Å². The molecule has 1 aromatic rings. The topological polar surface area (TPSA) is 38.7 Å². The lowest BCUT2D eigenvalue weighted by Crippen LogP contribution is -2.34. The lowest BCUT2D eigenvalue weighted by atomic mass is 9.81. The molecule has 0 aromatic heterocycles. The Hall–Kier alpha value is -1.06. The Morgan fingerprint density at radius 3 is 2.48 bits per heavy atom. The third-order valence-corrected chi connectivity index (χ3v) is 3.84. The predicted molar refractivity (Wildman–Crippen MR) is 86.7 cm³/mol. The Bertz CT molecular complexity index is 362. The van der Waals surface area contributed by atoms with Crippen molar-refractivity contribution in [3.8, 4) is 5.75 Å². The molecular weight excluding hydrogens is 264 g/mol. The van der Waals surface area contributed by atoms with Crippen molar-refractivity contribution < 1.29 is 14.6 Å². The first kappa shape index (κ1) is 18.0. The standard InChI is InChI=1S/C18H30O3/c1-4-5-9-12-18(2,3)17(19)15-20-13-14-21-16-10-7-6-8-11-16/h6-8,10-11,17,19H,4-5,9,12-15H2,1-3H3. The summed E-state index contributed by atoms with van der Waals surface area (Å²) in [6, 6.07) is 9.69. The van der Waals surface area contributed by atoms with Crippen molar-refractivity contribution in [2.75, 3.05) is 19.8 Å². The summed E-state index contributed by atoms with van der Waals surface area (Å²) < 4.78 is 11.1. The van der Waals surface area contributed by atoms with Crippen molar-refractivity contribution in [3.05, 3.63) is 30.3 Å². The molecule has 1 rings (SSSR count). The van der Waals surface area contributed by atoms with Crippen LogP contribution in [0.1, 0.15) is 46.5 Å². The van der Waals surface area contributed by atoms with Crippen LogP contribution in [0.2, 0.25) is 0 Å². The molecule has 120 valence electrons. The second-order valence-electron chi connectivity index (χ2n) is 6.20. The number of rotatable bonds is 11. The third kappa shape index (κ3) is 7.49. The van der Waals surface area contributed by atoms with Gasteiger partial charge >= 0.3 is 0 Å². The van der Waals surface area contributed by atoms with Crippen LogP contribution in [0.25, 0.3) is 0 Å². The molecule has 0 aliphatic rings. The largest absolute Gasteiger partial charge is 0.491 e. The van der Waals surface area contributed by atoms with Gasteiger partial charge in [0.05, 0.1) is 19.3 Å². The molecule has 0 radical (unpaired) electrons. The number of benzene rings is 1. The maximum Gasteiger partial charge on any atom is 0.119 e. The number of hydrogen-bond donors (Lipinski definition) is 1. The Labute approximate surface area is 129 Å². The van der Waals surface area contributed by atoms with E-state index in [0.29, 0.717) is 19.8 Å². The quantitative estimate of drug-likeness (QED) is 0.626. The van der Waals surface area contributed by atoms with Gasteiger partial charge in [-0.25, -0.2) is 0 Å². The number of unbranched alkanes of at least 4 members (excludes halogenated alkanes) is 2. The summed E-state index contributed by atoms with van der Waals surface area (Å²) in [6.07, 6.45) is 4.21. The van der Waals surface area contributed by atoms with Gasteiger partial charge in [0.1, 0.15) is 12.4 Å². The Balaban J connectivity index is 2.13. The highest BCUT2D eigenvalue weighted by Gasteiger charge is 2.27. The van der Waals surface area contributed by atoms with E-state index < -0.39 is 6.10 Å². The van der Waals surface area contributed by atoms with Crippen LogP contribution in [0.4, 0.5) is 0 Å². The number of ether oxygens (including phenoxy) is 2. The van der Waals surface area contributed by atoms with Crippen LogP contribution in [0.5, 0.6) is 5.75 Å². The first-order valence-corrected chi connectivity index (χ1v) is 8.00. The summed E-state index contributed by atoms with van der Waals surface area (Å²) in [5.74, 6) is 0.849. The van der Waals surface area contributed by atoms with Gasteiger partial charge in [0, 0.05) is 0 Å². The maximum absolute atomic E-state index is 10.2. The van der Waals surface area contributed by atoms with Crippen molar-refractivity contribution in [3.63, 3.8) is 0 Å². The van der Waals surface area contributed by atoms with Crippen LogP contribution in [0, 0.1) is 5.41 Å². The van der Waals surface area contributed by atoms with Gasteiger partial charge < -0.3 is 14.6 Å². The zero-order valence-corrected chi connectivity index (χ0v) is 13.7. The lowest BCUT2D eigenvalue weighted by molar-refractivity contribution is -0.0365. The molecule has 0 saturated carbocycles. The SMILES string of the molecule is CCCCCC(C)(C)C(O)COCCOc1ccccc1.